The first-order valence-corrected chi connectivity index (χ1v) is 10.6. The normalized spacial score (nSPS) is 15.4. The Bertz CT molecular complexity index is 957. The lowest BCUT2D eigenvalue weighted by atomic mass is 9.84. The number of ether oxygens (including phenoxy) is 1. The van der Waals surface area contributed by atoms with Gasteiger partial charge in [-0.1, -0.05) is 25.1 Å². The number of carbonyl (C=O) groups excluding carboxylic acids is 3. The van der Waals surface area contributed by atoms with Gasteiger partial charge in [-0.2, -0.15) is 0 Å². The van der Waals surface area contributed by atoms with Gasteiger partial charge in [-0.15, -0.1) is 0 Å². The lowest BCUT2D eigenvalue weighted by Gasteiger charge is -2.24. The summed E-state index contributed by atoms with van der Waals surface area (Å²) < 4.78 is 5.43. The van der Waals surface area contributed by atoms with Crippen LogP contribution in [0.25, 0.3) is 10.9 Å². The van der Waals surface area contributed by atoms with Crippen molar-refractivity contribution in [3.8, 4) is 0 Å². The van der Waals surface area contributed by atoms with E-state index in [0.717, 1.165) is 41.4 Å². The highest BCUT2D eigenvalue weighted by Crippen LogP contribution is 2.31. The molecule has 0 bridgehead atoms. The highest BCUT2D eigenvalue weighted by Gasteiger charge is 2.27. The molecule has 0 fully saturated rings. The van der Waals surface area contributed by atoms with Crippen LogP contribution >= 0.6 is 0 Å². The number of hydrogen-bond acceptors (Lipinski definition) is 5. The van der Waals surface area contributed by atoms with Crippen LogP contribution in [0.1, 0.15) is 48.8 Å². The third-order valence-electron chi connectivity index (χ3n) is 5.48. The molecule has 1 aromatic heterocycles. The topological polar surface area (TPSA) is 88.6 Å². The van der Waals surface area contributed by atoms with Crippen LogP contribution in [0.2, 0.25) is 0 Å². The molecule has 0 unspecified atom stereocenters. The third kappa shape index (κ3) is 4.78. The fourth-order valence-corrected chi connectivity index (χ4v) is 3.89. The molecule has 1 aromatic carbocycles. The van der Waals surface area contributed by atoms with E-state index in [1.165, 1.54) is 4.90 Å². The number of nitrogens with one attached hydrogen (secondary N) is 1. The van der Waals surface area contributed by atoms with Gasteiger partial charge in [0.1, 0.15) is 0 Å². The zero-order chi connectivity index (χ0) is 21.7. The molecule has 160 valence electrons. The highest BCUT2D eigenvalue weighted by atomic mass is 16.5. The van der Waals surface area contributed by atoms with Gasteiger partial charge in [-0.25, -0.2) is 4.79 Å². The molecule has 0 saturated heterocycles. The molecule has 0 spiro atoms. The Balaban J connectivity index is 1.80. The average Bonchev–Trinajstić information content (AvgIpc) is 2.74. The number of pyridine rings is 1. The predicted octanol–water partition coefficient (Wildman–Crippen LogP) is 2.50. The van der Waals surface area contributed by atoms with Gasteiger partial charge in [0.15, 0.2) is 6.61 Å². The van der Waals surface area contributed by atoms with E-state index in [-0.39, 0.29) is 12.5 Å². The number of nitrogens with zero attached hydrogens (tertiary/aromatic N) is 2. The van der Waals surface area contributed by atoms with Crippen molar-refractivity contribution in [2.24, 2.45) is 5.92 Å². The van der Waals surface area contributed by atoms with Crippen molar-refractivity contribution in [3.63, 3.8) is 0 Å². The molecule has 1 aliphatic carbocycles. The van der Waals surface area contributed by atoms with Gasteiger partial charge < -0.3 is 15.0 Å². The molecular weight excluding hydrogens is 382 g/mol. The van der Waals surface area contributed by atoms with Crippen LogP contribution in [0.3, 0.4) is 0 Å². The summed E-state index contributed by atoms with van der Waals surface area (Å²) in [5, 5.41) is 3.41. The lowest BCUT2D eigenvalue weighted by molar-refractivity contribution is -0.138. The maximum atomic E-state index is 13.1. The number of hydrogen-bond donors (Lipinski definition) is 1. The Labute approximate surface area is 176 Å². The molecule has 0 saturated carbocycles. The van der Waals surface area contributed by atoms with Gasteiger partial charge in [0.05, 0.1) is 17.6 Å². The van der Waals surface area contributed by atoms with Crippen LogP contribution in [-0.4, -0.2) is 53.9 Å². The molecule has 30 heavy (non-hydrogen) atoms. The molecule has 1 N–H and O–H groups in total. The van der Waals surface area contributed by atoms with Crippen LogP contribution in [0, 0.1) is 5.92 Å². The van der Waals surface area contributed by atoms with Crippen molar-refractivity contribution in [1.29, 1.82) is 0 Å². The van der Waals surface area contributed by atoms with Gasteiger partial charge in [-0.3, -0.25) is 14.6 Å². The molecular formula is C23H29N3O4. The summed E-state index contributed by atoms with van der Waals surface area (Å²) >= 11 is 0. The zero-order valence-electron chi connectivity index (χ0n) is 17.9. The number of benzene rings is 1. The van der Waals surface area contributed by atoms with E-state index >= 15 is 0 Å². The monoisotopic (exact) mass is 411 g/mol. The maximum Gasteiger partial charge on any atom is 0.339 e. The summed E-state index contributed by atoms with van der Waals surface area (Å²) in [5.41, 5.74) is 3.15. The summed E-state index contributed by atoms with van der Waals surface area (Å²) in [6.45, 7) is 6.18. The molecule has 2 amide bonds. The standard InChI is InChI=1S/C23H29N3O4/c1-4-24-20(27)13-26(5-2)21(28)14-30-23(29)22-16-8-6-7-9-18(16)25-19-11-10-15(3)12-17(19)22/h6-9,15H,4-5,10-14H2,1-3H3,(H,24,27)/t15-/m1/s1. The van der Waals surface area contributed by atoms with Gasteiger partial charge in [0.2, 0.25) is 5.91 Å². The molecule has 1 heterocycles. The minimum atomic E-state index is -0.513. The quantitative estimate of drug-likeness (QED) is 0.707. The zero-order valence-corrected chi connectivity index (χ0v) is 17.9. The summed E-state index contributed by atoms with van der Waals surface area (Å²) in [5.74, 6) is -0.678. The largest absolute Gasteiger partial charge is 0.452 e. The number of aryl methyl sites for hydroxylation is 1. The number of amides is 2. The smallest absolute Gasteiger partial charge is 0.339 e. The van der Waals surface area contributed by atoms with E-state index in [9.17, 15) is 14.4 Å². The van der Waals surface area contributed by atoms with Crippen molar-refractivity contribution in [1.82, 2.24) is 15.2 Å². The van der Waals surface area contributed by atoms with E-state index in [0.29, 0.717) is 24.6 Å². The van der Waals surface area contributed by atoms with Gasteiger partial charge in [-0.05, 0) is 50.7 Å². The fraction of sp³-hybridized carbons (Fsp3) is 0.478. The van der Waals surface area contributed by atoms with Crippen LogP contribution in [0.5, 0.6) is 0 Å². The van der Waals surface area contributed by atoms with Crippen molar-refractivity contribution in [2.75, 3.05) is 26.2 Å². The highest BCUT2D eigenvalue weighted by molar-refractivity contribution is 6.05. The van der Waals surface area contributed by atoms with E-state index in [2.05, 4.69) is 12.2 Å². The van der Waals surface area contributed by atoms with Crippen LogP contribution < -0.4 is 5.32 Å². The molecule has 1 atom stereocenters. The Hall–Kier alpha value is -2.96. The Morgan fingerprint density at radius 3 is 2.73 bits per heavy atom. The minimum absolute atomic E-state index is 0.0498. The van der Waals surface area contributed by atoms with Crippen molar-refractivity contribution >= 4 is 28.7 Å². The number of para-hydroxylation sites is 1. The molecule has 1 aliphatic rings. The van der Waals surface area contributed by atoms with E-state index < -0.39 is 18.5 Å². The SMILES string of the molecule is CCNC(=O)CN(CC)C(=O)COC(=O)c1c2c(nc3ccccc13)CC[C@@H](C)C2. The third-order valence-corrected chi connectivity index (χ3v) is 5.48. The number of carbonyl (C=O) groups is 3. The second-order valence-electron chi connectivity index (χ2n) is 7.71. The van der Waals surface area contributed by atoms with Crippen molar-refractivity contribution in [3.05, 3.63) is 41.1 Å². The van der Waals surface area contributed by atoms with Gasteiger partial charge in [0.25, 0.3) is 5.91 Å². The Morgan fingerprint density at radius 1 is 1.23 bits per heavy atom. The summed E-state index contributed by atoms with van der Waals surface area (Å²) in [6.07, 6.45) is 2.64. The Morgan fingerprint density at radius 2 is 2.00 bits per heavy atom. The van der Waals surface area contributed by atoms with Crippen LogP contribution in [-0.2, 0) is 27.2 Å². The second kappa shape index (κ2) is 9.69. The first-order valence-electron chi connectivity index (χ1n) is 10.6. The molecule has 7 nitrogen and oxygen atoms in total. The van der Waals surface area contributed by atoms with Crippen LogP contribution in [0.15, 0.2) is 24.3 Å². The molecule has 3 rings (SSSR count). The summed E-state index contributed by atoms with van der Waals surface area (Å²) in [4.78, 5) is 43.5. The van der Waals surface area contributed by atoms with E-state index in [1.54, 1.807) is 6.92 Å². The number of esters is 1. The lowest BCUT2D eigenvalue weighted by Crippen LogP contribution is -2.42. The van der Waals surface area contributed by atoms with Gasteiger partial charge in [0, 0.05) is 24.2 Å². The maximum absolute atomic E-state index is 13.1. The van der Waals surface area contributed by atoms with E-state index in [1.807, 2.05) is 31.2 Å². The van der Waals surface area contributed by atoms with Crippen molar-refractivity contribution in [2.45, 2.75) is 40.0 Å². The summed E-state index contributed by atoms with van der Waals surface area (Å²) in [7, 11) is 0. The molecule has 0 aliphatic heterocycles. The number of likely N-dealkylation sites (N-methyl/N-ethyl adjacent to an activating group) is 2. The Kier molecular flexibility index (Phi) is 7.03. The first-order chi connectivity index (χ1) is 14.4. The molecule has 2 aromatic rings. The number of rotatable bonds is 7. The van der Waals surface area contributed by atoms with Crippen LogP contribution in [0.4, 0.5) is 0 Å². The van der Waals surface area contributed by atoms with E-state index in [4.69, 9.17) is 9.72 Å². The average molecular weight is 412 g/mol. The minimum Gasteiger partial charge on any atom is -0.452 e. The van der Waals surface area contributed by atoms with Gasteiger partial charge >= 0.3 is 5.97 Å². The second-order valence-corrected chi connectivity index (χ2v) is 7.71. The number of aromatic nitrogens is 1. The number of fused-ring (bicyclic) bond motifs is 2. The molecule has 0 radical (unpaired) electrons. The first kappa shape index (κ1) is 21.7. The fourth-order valence-electron chi connectivity index (χ4n) is 3.89. The summed E-state index contributed by atoms with van der Waals surface area (Å²) in [6, 6.07) is 7.52. The van der Waals surface area contributed by atoms with Crippen molar-refractivity contribution < 1.29 is 19.1 Å². The predicted molar refractivity (Wildman–Crippen MR) is 114 cm³/mol. The molecule has 7 heteroatoms.